The zero-order valence-electron chi connectivity index (χ0n) is 11.5. The fraction of sp³-hybridized carbons (Fsp3) is 0.235. The predicted octanol–water partition coefficient (Wildman–Crippen LogP) is 4.65. The third-order valence-electron chi connectivity index (χ3n) is 3.91. The summed E-state index contributed by atoms with van der Waals surface area (Å²) in [6.45, 7) is 0. The molecule has 2 aromatic carbocycles. The number of nitrogens with one attached hydrogen (secondary N) is 1. The second-order valence-electron chi connectivity index (χ2n) is 5.32. The molecule has 2 N–H and O–H groups in total. The lowest BCUT2D eigenvalue weighted by atomic mass is 9.86. The van der Waals surface area contributed by atoms with Crippen LogP contribution in [0.1, 0.15) is 30.0 Å². The first-order chi connectivity index (χ1) is 10.1. The first-order valence-corrected chi connectivity index (χ1v) is 7.39. The summed E-state index contributed by atoms with van der Waals surface area (Å²) in [7, 11) is 0. The van der Waals surface area contributed by atoms with Crippen LogP contribution in [-0.4, -0.2) is 11.2 Å². The van der Waals surface area contributed by atoms with Crippen LogP contribution >= 0.6 is 11.6 Å². The number of rotatable bonds is 2. The van der Waals surface area contributed by atoms with Crippen LogP contribution in [0.3, 0.4) is 0 Å². The Bertz CT molecular complexity index is 684. The molecule has 1 aliphatic carbocycles. The maximum atomic E-state index is 10.9. The van der Waals surface area contributed by atoms with Crippen molar-refractivity contribution < 1.29 is 9.90 Å². The number of fused-ring (bicyclic) bond motifs is 1. The Kier molecular flexibility index (Phi) is 3.84. The van der Waals surface area contributed by atoms with Crippen molar-refractivity contribution in [2.75, 3.05) is 0 Å². The van der Waals surface area contributed by atoms with E-state index in [9.17, 15) is 4.79 Å². The molecule has 1 aliphatic rings. The fourth-order valence-corrected chi connectivity index (χ4v) is 3.15. The lowest BCUT2D eigenvalue weighted by Crippen LogP contribution is -2.29. The van der Waals surface area contributed by atoms with Gasteiger partial charge in [0.1, 0.15) is 0 Å². The number of hydrogen-bond acceptors (Lipinski definition) is 1. The minimum absolute atomic E-state index is 0.0975. The van der Waals surface area contributed by atoms with Crippen LogP contribution in [0.4, 0.5) is 4.79 Å². The first-order valence-electron chi connectivity index (χ1n) is 7.02. The third-order valence-corrected chi connectivity index (χ3v) is 4.15. The summed E-state index contributed by atoms with van der Waals surface area (Å²) in [6.07, 6.45) is 1.88. The minimum Gasteiger partial charge on any atom is -0.465 e. The Morgan fingerprint density at radius 3 is 2.76 bits per heavy atom. The molecule has 0 radical (unpaired) electrons. The van der Waals surface area contributed by atoms with Crippen molar-refractivity contribution in [1.29, 1.82) is 0 Å². The normalized spacial score (nSPS) is 17.1. The molecule has 0 spiro atoms. The van der Waals surface area contributed by atoms with Crippen LogP contribution in [0, 0.1) is 0 Å². The zero-order chi connectivity index (χ0) is 14.8. The summed E-state index contributed by atoms with van der Waals surface area (Å²) < 4.78 is 0. The number of halogens is 1. The molecule has 0 aliphatic heterocycles. The fourth-order valence-electron chi connectivity index (χ4n) is 2.96. The van der Waals surface area contributed by atoms with Crippen molar-refractivity contribution >= 4 is 17.7 Å². The molecule has 0 heterocycles. The van der Waals surface area contributed by atoms with Gasteiger partial charge in [0.15, 0.2) is 0 Å². The second kappa shape index (κ2) is 5.78. The number of amides is 1. The SMILES string of the molecule is O=C(O)NC1CCCc2cc(-c3cccc(Cl)c3)ccc21. The first kappa shape index (κ1) is 14.0. The van der Waals surface area contributed by atoms with Gasteiger partial charge < -0.3 is 10.4 Å². The van der Waals surface area contributed by atoms with Crippen LogP contribution in [0.5, 0.6) is 0 Å². The Hall–Kier alpha value is -2.00. The summed E-state index contributed by atoms with van der Waals surface area (Å²) in [5.41, 5.74) is 4.51. The molecule has 0 bridgehead atoms. The van der Waals surface area contributed by atoms with Crippen LogP contribution < -0.4 is 5.32 Å². The quantitative estimate of drug-likeness (QED) is 0.848. The van der Waals surface area contributed by atoms with E-state index in [2.05, 4.69) is 11.4 Å². The van der Waals surface area contributed by atoms with Crippen LogP contribution in [0.15, 0.2) is 42.5 Å². The van der Waals surface area contributed by atoms with Gasteiger partial charge in [0.05, 0.1) is 6.04 Å². The molecule has 0 fully saturated rings. The highest BCUT2D eigenvalue weighted by Gasteiger charge is 2.21. The molecule has 21 heavy (non-hydrogen) atoms. The number of benzene rings is 2. The van der Waals surface area contributed by atoms with E-state index in [-0.39, 0.29) is 6.04 Å². The molecular formula is C17H16ClNO2. The standard InChI is InChI=1S/C17H16ClNO2/c18-14-5-1-3-11(10-14)12-7-8-15-13(9-12)4-2-6-16(15)19-17(20)21/h1,3,5,7-10,16,19H,2,4,6H2,(H,20,21). The monoisotopic (exact) mass is 301 g/mol. The molecule has 1 unspecified atom stereocenters. The second-order valence-corrected chi connectivity index (χ2v) is 5.75. The average molecular weight is 302 g/mol. The molecular weight excluding hydrogens is 286 g/mol. The molecule has 0 saturated carbocycles. The number of carbonyl (C=O) groups is 1. The van der Waals surface area contributed by atoms with Gasteiger partial charge in [0.2, 0.25) is 0 Å². The highest BCUT2D eigenvalue weighted by molar-refractivity contribution is 6.30. The summed E-state index contributed by atoms with van der Waals surface area (Å²) in [4.78, 5) is 10.9. The molecule has 3 nitrogen and oxygen atoms in total. The van der Waals surface area contributed by atoms with Gasteiger partial charge in [-0.2, -0.15) is 0 Å². The van der Waals surface area contributed by atoms with Crippen molar-refractivity contribution in [2.45, 2.75) is 25.3 Å². The van der Waals surface area contributed by atoms with Gasteiger partial charge in [-0.3, -0.25) is 0 Å². The van der Waals surface area contributed by atoms with E-state index in [4.69, 9.17) is 16.7 Å². The largest absolute Gasteiger partial charge is 0.465 e. The Morgan fingerprint density at radius 2 is 2.00 bits per heavy atom. The molecule has 4 heteroatoms. The molecule has 0 aromatic heterocycles. The predicted molar refractivity (Wildman–Crippen MR) is 83.7 cm³/mol. The van der Waals surface area contributed by atoms with E-state index in [0.717, 1.165) is 41.0 Å². The Balaban J connectivity index is 1.96. The smallest absolute Gasteiger partial charge is 0.405 e. The topological polar surface area (TPSA) is 49.3 Å². The van der Waals surface area contributed by atoms with Crippen molar-refractivity contribution in [3.8, 4) is 11.1 Å². The summed E-state index contributed by atoms with van der Waals surface area (Å²) in [5, 5.41) is 12.2. The van der Waals surface area contributed by atoms with E-state index in [0.29, 0.717) is 0 Å². The zero-order valence-corrected chi connectivity index (χ0v) is 12.2. The van der Waals surface area contributed by atoms with E-state index in [1.54, 1.807) is 0 Å². The van der Waals surface area contributed by atoms with E-state index in [1.165, 1.54) is 5.56 Å². The van der Waals surface area contributed by atoms with Gasteiger partial charge in [-0.25, -0.2) is 4.79 Å². The summed E-state index contributed by atoms with van der Waals surface area (Å²) in [5.74, 6) is 0. The molecule has 2 aromatic rings. The van der Waals surface area contributed by atoms with Gasteiger partial charge in [-0.15, -0.1) is 0 Å². The Morgan fingerprint density at radius 1 is 1.19 bits per heavy atom. The highest BCUT2D eigenvalue weighted by atomic mass is 35.5. The van der Waals surface area contributed by atoms with Gasteiger partial charge in [0, 0.05) is 5.02 Å². The highest BCUT2D eigenvalue weighted by Crippen LogP contribution is 2.33. The lowest BCUT2D eigenvalue weighted by Gasteiger charge is -2.26. The van der Waals surface area contributed by atoms with Crippen LogP contribution in [-0.2, 0) is 6.42 Å². The van der Waals surface area contributed by atoms with Gasteiger partial charge in [-0.1, -0.05) is 41.9 Å². The van der Waals surface area contributed by atoms with Gasteiger partial charge in [0.25, 0.3) is 0 Å². The van der Waals surface area contributed by atoms with Gasteiger partial charge in [-0.05, 0) is 53.6 Å². The van der Waals surface area contributed by atoms with E-state index in [1.807, 2.05) is 36.4 Å². The summed E-state index contributed by atoms with van der Waals surface area (Å²) in [6, 6.07) is 13.9. The number of carboxylic acid groups (broad SMARTS) is 1. The molecule has 1 amide bonds. The van der Waals surface area contributed by atoms with E-state index < -0.39 is 6.09 Å². The molecule has 3 rings (SSSR count). The molecule has 108 valence electrons. The van der Waals surface area contributed by atoms with Crippen molar-refractivity contribution in [1.82, 2.24) is 5.32 Å². The van der Waals surface area contributed by atoms with E-state index >= 15 is 0 Å². The minimum atomic E-state index is -0.966. The van der Waals surface area contributed by atoms with Gasteiger partial charge >= 0.3 is 6.09 Å². The van der Waals surface area contributed by atoms with Crippen LogP contribution in [0.2, 0.25) is 5.02 Å². The average Bonchev–Trinajstić information content (AvgIpc) is 2.46. The van der Waals surface area contributed by atoms with Crippen molar-refractivity contribution in [2.24, 2.45) is 0 Å². The Labute approximate surface area is 128 Å². The molecule has 0 saturated heterocycles. The molecule has 1 atom stereocenters. The summed E-state index contributed by atoms with van der Waals surface area (Å²) >= 11 is 6.04. The third kappa shape index (κ3) is 3.03. The van der Waals surface area contributed by atoms with Crippen LogP contribution in [0.25, 0.3) is 11.1 Å². The van der Waals surface area contributed by atoms with Crippen molar-refractivity contribution in [3.05, 3.63) is 58.6 Å². The maximum Gasteiger partial charge on any atom is 0.405 e. The number of hydrogen-bond donors (Lipinski definition) is 2. The number of aryl methyl sites for hydroxylation is 1. The van der Waals surface area contributed by atoms with Crippen molar-refractivity contribution in [3.63, 3.8) is 0 Å². The maximum absolute atomic E-state index is 10.9. The lowest BCUT2D eigenvalue weighted by molar-refractivity contribution is 0.188.